The molecule has 0 bridgehead atoms. The number of hydrogen-bond donors (Lipinski definition) is 6. The summed E-state index contributed by atoms with van der Waals surface area (Å²) < 4.78 is 10.9. The van der Waals surface area contributed by atoms with Crippen molar-refractivity contribution >= 4 is 11.9 Å². The number of carboxylic acid groups (broad SMARTS) is 1. The summed E-state index contributed by atoms with van der Waals surface area (Å²) in [6.45, 7) is 4.22. The molecule has 1 rings (SSSR count). The molecule has 284 valence electrons. The van der Waals surface area contributed by atoms with Crippen LogP contribution in [-0.4, -0.2) is 86.9 Å². The van der Waals surface area contributed by atoms with E-state index in [1.807, 2.05) is 0 Å². The molecule has 1 fully saturated rings. The van der Waals surface area contributed by atoms with Gasteiger partial charge < -0.3 is 40.3 Å². The van der Waals surface area contributed by atoms with Crippen molar-refractivity contribution < 1.29 is 44.6 Å². The maximum atomic E-state index is 12.9. The lowest BCUT2D eigenvalue weighted by atomic mass is 9.99. The Kier molecular flexibility index (Phi) is 27.4. The molecule has 1 aliphatic rings. The van der Waals surface area contributed by atoms with Gasteiger partial charge in [0.15, 0.2) is 12.4 Å². The zero-order valence-corrected chi connectivity index (χ0v) is 30.5. The van der Waals surface area contributed by atoms with E-state index >= 15 is 0 Å². The maximum Gasteiger partial charge on any atom is 0.335 e. The van der Waals surface area contributed by atoms with Crippen LogP contribution < -0.4 is 5.32 Å². The highest BCUT2D eigenvalue weighted by Gasteiger charge is 2.47. The molecule has 10 nitrogen and oxygen atoms in total. The molecule has 0 radical (unpaired) electrons. The molecule has 1 aliphatic heterocycles. The fraction of sp³-hybridized carbons (Fsp3) is 0.947. The van der Waals surface area contributed by atoms with Crippen molar-refractivity contribution in [3.63, 3.8) is 0 Å². The fourth-order valence-electron chi connectivity index (χ4n) is 6.44. The van der Waals surface area contributed by atoms with Crippen LogP contribution in [0.2, 0.25) is 0 Å². The molecule has 1 amide bonds. The smallest absolute Gasteiger partial charge is 0.335 e. The largest absolute Gasteiger partial charge is 0.479 e. The highest BCUT2D eigenvalue weighted by Crippen LogP contribution is 2.23. The Balaban J connectivity index is 2.45. The van der Waals surface area contributed by atoms with E-state index in [4.69, 9.17) is 9.47 Å². The second kappa shape index (κ2) is 29.4. The molecule has 10 heteroatoms. The third-order valence-corrected chi connectivity index (χ3v) is 9.67. The molecule has 1 heterocycles. The summed E-state index contributed by atoms with van der Waals surface area (Å²) in [7, 11) is 0. The molecule has 6 N–H and O–H groups in total. The van der Waals surface area contributed by atoms with E-state index in [9.17, 15) is 35.1 Å². The van der Waals surface area contributed by atoms with Crippen LogP contribution in [0.1, 0.15) is 181 Å². The third kappa shape index (κ3) is 21.0. The number of carbonyl (C=O) groups is 2. The summed E-state index contributed by atoms with van der Waals surface area (Å²) in [5, 5.41) is 53.7. The molecule has 2 unspecified atom stereocenters. The standard InChI is InChI=1S/C38H73NO9/c1-3-5-7-9-11-13-15-16-18-20-22-24-26-28-32(41)39-30(29-47-38-35(44)33(42)34(43)36(48-38)37(45)46)31(40)27-25-23-21-19-17-14-12-10-8-6-4-2/h30-31,33-36,38,40,42-44H,3-29H2,1-2H3,(H,39,41)(H,45,46)/t30?,31?,33-,34-,35+,36-,38-/m0/s1. The highest BCUT2D eigenvalue weighted by molar-refractivity contribution is 5.76. The molecule has 7 atom stereocenters. The number of aliphatic carboxylic acids is 1. The van der Waals surface area contributed by atoms with Crippen molar-refractivity contribution in [3.05, 3.63) is 0 Å². The quantitative estimate of drug-likeness (QED) is 0.0412. The predicted molar refractivity (Wildman–Crippen MR) is 190 cm³/mol. The van der Waals surface area contributed by atoms with E-state index in [-0.39, 0.29) is 12.5 Å². The molecule has 0 aliphatic carbocycles. The minimum atomic E-state index is -1.82. The number of ether oxygens (including phenoxy) is 2. The highest BCUT2D eigenvalue weighted by atomic mass is 16.7. The number of rotatable bonds is 32. The Morgan fingerprint density at radius 2 is 1.04 bits per heavy atom. The summed E-state index contributed by atoms with van der Waals surface area (Å²) >= 11 is 0. The number of carboxylic acids is 1. The Bertz CT molecular complexity index is 785. The number of hydrogen-bond acceptors (Lipinski definition) is 8. The van der Waals surface area contributed by atoms with Gasteiger partial charge in [-0.1, -0.05) is 162 Å². The Morgan fingerprint density at radius 3 is 1.48 bits per heavy atom. The molecule has 0 saturated carbocycles. The maximum absolute atomic E-state index is 12.9. The second-order valence-electron chi connectivity index (χ2n) is 14.1. The normalized spacial score (nSPS) is 22.4. The van der Waals surface area contributed by atoms with Crippen LogP contribution in [0.3, 0.4) is 0 Å². The van der Waals surface area contributed by atoms with E-state index < -0.39 is 48.8 Å². The monoisotopic (exact) mass is 688 g/mol. The van der Waals surface area contributed by atoms with Crippen LogP contribution in [0.5, 0.6) is 0 Å². The van der Waals surface area contributed by atoms with Gasteiger partial charge in [0.25, 0.3) is 0 Å². The van der Waals surface area contributed by atoms with E-state index in [1.54, 1.807) is 0 Å². The average Bonchev–Trinajstić information content (AvgIpc) is 3.07. The van der Waals surface area contributed by atoms with Crippen molar-refractivity contribution in [1.29, 1.82) is 0 Å². The van der Waals surface area contributed by atoms with Crippen molar-refractivity contribution in [2.75, 3.05) is 6.61 Å². The number of aliphatic hydroxyl groups is 4. The van der Waals surface area contributed by atoms with Crippen LogP contribution in [-0.2, 0) is 19.1 Å². The predicted octanol–water partition coefficient (Wildman–Crippen LogP) is 6.92. The Hall–Kier alpha value is -1.30. The second-order valence-corrected chi connectivity index (χ2v) is 14.1. The van der Waals surface area contributed by atoms with Gasteiger partial charge >= 0.3 is 5.97 Å². The SMILES string of the molecule is CCCCCCCCCCCCCCCC(=O)NC(CO[C@H]1O[C@H](C(=O)O)[C@@H](O)[C@H](O)[C@H]1O)C(O)CCCCCCCCCCCCC. The minimum Gasteiger partial charge on any atom is -0.479 e. The topological polar surface area (TPSA) is 166 Å². The van der Waals surface area contributed by atoms with Crippen molar-refractivity contribution in [1.82, 2.24) is 5.32 Å². The number of carbonyl (C=O) groups excluding carboxylic acids is 1. The fourth-order valence-corrected chi connectivity index (χ4v) is 6.44. The molecular formula is C38H73NO9. The number of aliphatic hydroxyl groups excluding tert-OH is 4. The van der Waals surface area contributed by atoms with Crippen LogP contribution in [0.15, 0.2) is 0 Å². The average molecular weight is 688 g/mol. The first kappa shape index (κ1) is 44.7. The summed E-state index contributed by atoms with van der Waals surface area (Å²) in [6, 6.07) is -0.800. The first-order valence-electron chi connectivity index (χ1n) is 19.7. The lowest BCUT2D eigenvalue weighted by molar-refractivity contribution is -0.295. The number of unbranched alkanes of at least 4 members (excludes halogenated alkanes) is 22. The lowest BCUT2D eigenvalue weighted by Gasteiger charge is -2.39. The van der Waals surface area contributed by atoms with Gasteiger partial charge in [0.2, 0.25) is 5.91 Å². The zero-order chi connectivity index (χ0) is 35.4. The van der Waals surface area contributed by atoms with E-state index in [0.29, 0.717) is 12.8 Å². The van der Waals surface area contributed by atoms with Gasteiger partial charge in [-0.3, -0.25) is 4.79 Å². The molecule has 0 aromatic heterocycles. The number of amides is 1. The molecular weight excluding hydrogens is 614 g/mol. The molecule has 0 aromatic rings. The van der Waals surface area contributed by atoms with Crippen LogP contribution >= 0.6 is 0 Å². The first-order valence-corrected chi connectivity index (χ1v) is 19.7. The first-order chi connectivity index (χ1) is 23.2. The lowest BCUT2D eigenvalue weighted by Crippen LogP contribution is -2.61. The minimum absolute atomic E-state index is 0.200. The van der Waals surface area contributed by atoms with E-state index in [0.717, 1.165) is 38.5 Å². The molecule has 0 aromatic carbocycles. The molecule has 0 spiro atoms. The van der Waals surface area contributed by atoms with Crippen molar-refractivity contribution in [2.24, 2.45) is 0 Å². The van der Waals surface area contributed by atoms with Gasteiger partial charge in [-0.15, -0.1) is 0 Å². The van der Waals surface area contributed by atoms with Crippen LogP contribution in [0.25, 0.3) is 0 Å². The summed E-state index contributed by atoms with van der Waals surface area (Å²) in [5.74, 6) is -1.70. The Morgan fingerprint density at radius 1 is 0.625 bits per heavy atom. The van der Waals surface area contributed by atoms with E-state index in [1.165, 1.54) is 116 Å². The molecule has 48 heavy (non-hydrogen) atoms. The van der Waals surface area contributed by atoms with Gasteiger partial charge in [-0.2, -0.15) is 0 Å². The van der Waals surface area contributed by atoms with Gasteiger partial charge in [0.05, 0.1) is 18.8 Å². The van der Waals surface area contributed by atoms with Crippen LogP contribution in [0, 0.1) is 0 Å². The van der Waals surface area contributed by atoms with Gasteiger partial charge in [-0.25, -0.2) is 4.79 Å². The van der Waals surface area contributed by atoms with Gasteiger partial charge in [0, 0.05) is 6.42 Å². The molecule has 1 saturated heterocycles. The third-order valence-electron chi connectivity index (χ3n) is 9.67. The van der Waals surface area contributed by atoms with Gasteiger partial charge in [0.1, 0.15) is 18.3 Å². The summed E-state index contributed by atoms with van der Waals surface area (Å²) in [6.07, 6.45) is 20.1. The number of nitrogens with one attached hydrogen (secondary N) is 1. The van der Waals surface area contributed by atoms with E-state index in [2.05, 4.69) is 19.2 Å². The van der Waals surface area contributed by atoms with Gasteiger partial charge in [-0.05, 0) is 12.8 Å². The summed E-state index contributed by atoms with van der Waals surface area (Å²) in [4.78, 5) is 24.3. The summed E-state index contributed by atoms with van der Waals surface area (Å²) in [5.41, 5.74) is 0. The Labute approximate surface area is 291 Å². The van der Waals surface area contributed by atoms with Crippen molar-refractivity contribution in [2.45, 2.75) is 224 Å². The zero-order valence-electron chi connectivity index (χ0n) is 30.5. The van der Waals surface area contributed by atoms with Crippen LogP contribution in [0.4, 0.5) is 0 Å². The van der Waals surface area contributed by atoms with Crippen molar-refractivity contribution in [3.8, 4) is 0 Å².